The highest BCUT2D eigenvalue weighted by Crippen LogP contribution is 2.25. The monoisotopic (exact) mass is 323 g/mol. The van der Waals surface area contributed by atoms with Gasteiger partial charge in [0.05, 0.1) is 17.8 Å². The van der Waals surface area contributed by atoms with Gasteiger partial charge in [0.2, 0.25) is 5.91 Å². The summed E-state index contributed by atoms with van der Waals surface area (Å²) in [4.78, 5) is 26.9. The summed E-state index contributed by atoms with van der Waals surface area (Å²) in [5.41, 5.74) is 2.80. The number of nitrogens with zero attached hydrogens (tertiary/aromatic N) is 4. The lowest BCUT2D eigenvalue weighted by molar-refractivity contribution is -0.131. The van der Waals surface area contributed by atoms with Gasteiger partial charge in [-0.3, -0.25) is 4.79 Å². The molecule has 1 amide bonds. The van der Waals surface area contributed by atoms with E-state index in [2.05, 4.69) is 15.0 Å². The highest BCUT2D eigenvalue weighted by molar-refractivity contribution is 5.79. The highest BCUT2D eigenvalue weighted by atomic mass is 16.2. The predicted octanol–water partition coefficient (Wildman–Crippen LogP) is 2.31. The summed E-state index contributed by atoms with van der Waals surface area (Å²) in [7, 11) is 0. The molecular weight excluding hydrogens is 302 g/mol. The molecule has 0 radical (unpaired) electrons. The fourth-order valence-corrected chi connectivity index (χ4v) is 3.56. The van der Waals surface area contributed by atoms with Crippen molar-refractivity contribution in [2.24, 2.45) is 0 Å². The number of likely N-dealkylation sites (tertiary alicyclic amines) is 1. The number of pyridine rings is 1. The zero-order chi connectivity index (χ0) is 16.5. The number of carbonyl (C=O) groups excluding carboxylic acids is 1. The second-order valence-electron chi connectivity index (χ2n) is 6.40. The number of rotatable bonds is 3. The van der Waals surface area contributed by atoms with Gasteiger partial charge >= 0.3 is 0 Å². The number of aryl methyl sites for hydroxylation is 1. The number of H-pyrrole nitrogens is 1. The summed E-state index contributed by atoms with van der Waals surface area (Å²) in [5, 5.41) is 0. The Balaban J connectivity index is 1.52. The summed E-state index contributed by atoms with van der Waals surface area (Å²) >= 11 is 0. The minimum atomic E-state index is 0.167. The second kappa shape index (κ2) is 6.11. The number of aromatic nitrogens is 4. The van der Waals surface area contributed by atoms with E-state index in [1.165, 1.54) is 0 Å². The van der Waals surface area contributed by atoms with Crippen LogP contribution in [0.15, 0.2) is 36.8 Å². The summed E-state index contributed by atoms with van der Waals surface area (Å²) in [6.07, 6.45) is 8.08. The molecule has 1 aliphatic rings. The Hall–Kier alpha value is -2.63. The van der Waals surface area contributed by atoms with Crippen molar-refractivity contribution >= 4 is 11.6 Å². The van der Waals surface area contributed by atoms with Crippen molar-refractivity contribution in [2.45, 2.75) is 32.1 Å². The van der Waals surface area contributed by atoms with Crippen molar-refractivity contribution in [1.29, 1.82) is 0 Å². The van der Waals surface area contributed by atoms with Gasteiger partial charge in [-0.1, -0.05) is 6.07 Å². The van der Waals surface area contributed by atoms with Gasteiger partial charge in [-0.2, -0.15) is 0 Å². The first-order valence-corrected chi connectivity index (χ1v) is 8.42. The minimum absolute atomic E-state index is 0.167. The SMILES string of the molecule is Cc1nc2ccccn2c1CC(=O)N1CCC[C@@H](c2ncc[nH]2)C1. The first-order chi connectivity index (χ1) is 11.7. The van der Waals surface area contributed by atoms with Crippen molar-refractivity contribution in [2.75, 3.05) is 13.1 Å². The molecule has 124 valence electrons. The fourth-order valence-electron chi connectivity index (χ4n) is 3.56. The van der Waals surface area contributed by atoms with Gasteiger partial charge in [-0.05, 0) is 31.9 Å². The maximum Gasteiger partial charge on any atom is 0.228 e. The van der Waals surface area contributed by atoms with Crippen LogP contribution in [0.2, 0.25) is 0 Å². The van der Waals surface area contributed by atoms with Gasteiger partial charge < -0.3 is 14.3 Å². The first kappa shape index (κ1) is 14.9. The number of aromatic amines is 1. The van der Waals surface area contributed by atoms with Crippen LogP contribution in [0.1, 0.15) is 36.0 Å². The maximum atomic E-state index is 12.8. The van der Waals surface area contributed by atoms with E-state index in [1.807, 2.05) is 46.8 Å². The molecule has 1 fully saturated rings. The molecule has 0 bridgehead atoms. The molecule has 3 aromatic heterocycles. The van der Waals surface area contributed by atoms with Crippen LogP contribution in [0, 0.1) is 6.92 Å². The average Bonchev–Trinajstić information content (AvgIpc) is 3.24. The standard InChI is InChI=1S/C18H21N5O/c1-13-15(23-10-3-2-6-16(23)21-13)11-17(24)22-9-4-5-14(12-22)18-19-7-8-20-18/h2-3,6-8,10,14H,4-5,9,11-12H2,1H3,(H,19,20)/t14-/m1/s1. The van der Waals surface area contributed by atoms with Gasteiger partial charge in [-0.25, -0.2) is 9.97 Å². The molecule has 0 saturated carbocycles. The third-order valence-electron chi connectivity index (χ3n) is 4.83. The van der Waals surface area contributed by atoms with Crippen molar-refractivity contribution in [3.63, 3.8) is 0 Å². The second-order valence-corrected chi connectivity index (χ2v) is 6.40. The molecular formula is C18H21N5O. The van der Waals surface area contributed by atoms with Gasteiger partial charge in [0.1, 0.15) is 11.5 Å². The van der Waals surface area contributed by atoms with Crippen LogP contribution in [-0.2, 0) is 11.2 Å². The number of imidazole rings is 2. The van der Waals surface area contributed by atoms with Crippen LogP contribution in [0.5, 0.6) is 0 Å². The van der Waals surface area contributed by atoms with Crippen molar-refractivity contribution in [1.82, 2.24) is 24.3 Å². The van der Waals surface area contributed by atoms with Crippen molar-refractivity contribution < 1.29 is 4.79 Å². The van der Waals surface area contributed by atoms with E-state index in [1.54, 1.807) is 6.20 Å². The Morgan fingerprint density at radius 2 is 2.33 bits per heavy atom. The molecule has 0 unspecified atom stereocenters. The third kappa shape index (κ3) is 2.68. The van der Waals surface area contributed by atoms with Crippen LogP contribution in [0.25, 0.3) is 5.65 Å². The van der Waals surface area contributed by atoms with Crippen LogP contribution in [0.3, 0.4) is 0 Å². The molecule has 4 heterocycles. The molecule has 0 spiro atoms. The maximum absolute atomic E-state index is 12.8. The summed E-state index contributed by atoms with van der Waals surface area (Å²) in [5.74, 6) is 1.46. The lowest BCUT2D eigenvalue weighted by Gasteiger charge is -2.32. The molecule has 0 aliphatic carbocycles. The van der Waals surface area contributed by atoms with Crippen LogP contribution in [-0.4, -0.2) is 43.2 Å². The van der Waals surface area contributed by atoms with Gasteiger partial charge in [0.25, 0.3) is 0 Å². The Labute approximate surface area is 140 Å². The van der Waals surface area contributed by atoms with E-state index >= 15 is 0 Å². The minimum Gasteiger partial charge on any atom is -0.348 e. The van der Waals surface area contributed by atoms with Crippen LogP contribution in [0.4, 0.5) is 0 Å². The Morgan fingerprint density at radius 3 is 3.17 bits per heavy atom. The van der Waals surface area contributed by atoms with Gasteiger partial charge in [0.15, 0.2) is 0 Å². The lowest BCUT2D eigenvalue weighted by atomic mass is 9.97. The number of hydrogen-bond donors (Lipinski definition) is 1. The quantitative estimate of drug-likeness (QED) is 0.804. The highest BCUT2D eigenvalue weighted by Gasteiger charge is 2.27. The summed E-state index contributed by atoms with van der Waals surface area (Å²) < 4.78 is 2.02. The molecule has 6 heteroatoms. The van der Waals surface area contributed by atoms with Crippen LogP contribution < -0.4 is 0 Å². The zero-order valence-corrected chi connectivity index (χ0v) is 13.8. The summed E-state index contributed by atoms with van der Waals surface area (Å²) in [6, 6.07) is 5.90. The molecule has 1 aliphatic heterocycles. The first-order valence-electron chi connectivity index (χ1n) is 8.42. The topological polar surface area (TPSA) is 66.3 Å². The molecule has 6 nitrogen and oxygen atoms in total. The largest absolute Gasteiger partial charge is 0.348 e. The average molecular weight is 323 g/mol. The smallest absolute Gasteiger partial charge is 0.228 e. The molecule has 0 aromatic carbocycles. The summed E-state index contributed by atoms with van der Waals surface area (Å²) in [6.45, 7) is 3.53. The van der Waals surface area contributed by atoms with Gasteiger partial charge in [-0.15, -0.1) is 0 Å². The Kier molecular flexibility index (Phi) is 3.80. The molecule has 1 atom stereocenters. The molecule has 1 N–H and O–H groups in total. The van der Waals surface area contributed by atoms with Crippen molar-refractivity contribution in [3.8, 4) is 0 Å². The fraction of sp³-hybridized carbons (Fsp3) is 0.389. The van der Waals surface area contributed by atoms with Crippen molar-refractivity contribution in [3.05, 3.63) is 54.0 Å². The van der Waals surface area contributed by atoms with Gasteiger partial charge in [0, 0.05) is 37.6 Å². The third-order valence-corrected chi connectivity index (χ3v) is 4.83. The van der Waals surface area contributed by atoms with E-state index in [-0.39, 0.29) is 5.91 Å². The number of amides is 1. The van der Waals surface area contributed by atoms with E-state index in [4.69, 9.17) is 0 Å². The number of hydrogen-bond acceptors (Lipinski definition) is 3. The number of piperidine rings is 1. The van der Waals surface area contributed by atoms with Crippen LogP contribution >= 0.6 is 0 Å². The molecule has 3 aromatic rings. The lowest BCUT2D eigenvalue weighted by Crippen LogP contribution is -2.40. The molecule has 4 rings (SSSR count). The molecule has 1 saturated heterocycles. The Bertz CT molecular complexity index is 852. The number of carbonyl (C=O) groups is 1. The zero-order valence-electron chi connectivity index (χ0n) is 13.8. The van der Waals surface area contributed by atoms with E-state index in [0.717, 1.165) is 48.8 Å². The number of nitrogens with one attached hydrogen (secondary N) is 1. The van der Waals surface area contributed by atoms with E-state index < -0.39 is 0 Å². The predicted molar refractivity (Wildman–Crippen MR) is 90.8 cm³/mol. The molecule has 24 heavy (non-hydrogen) atoms. The normalized spacial score (nSPS) is 18.2. The Morgan fingerprint density at radius 1 is 1.42 bits per heavy atom. The van der Waals surface area contributed by atoms with E-state index in [0.29, 0.717) is 12.3 Å². The van der Waals surface area contributed by atoms with E-state index in [9.17, 15) is 4.79 Å². The number of fused-ring (bicyclic) bond motifs is 1.